The van der Waals surface area contributed by atoms with Gasteiger partial charge in [-0.1, -0.05) is 39.3 Å². The molecule has 0 bridgehead atoms. The third kappa shape index (κ3) is 2.31. The van der Waals surface area contributed by atoms with E-state index in [-0.39, 0.29) is 11.3 Å². The summed E-state index contributed by atoms with van der Waals surface area (Å²) in [6.07, 6.45) is 8.16. The third-order valence-electron chi connectivity index (χ3n) is 3.88. The molecule has 0 aliphatic heterocycles. The Morgan fingerprint density at radius 3 is 2.67 bits per heavy atom. The zero-order chi connectivity index (χ0) is 11.5. The summed E-state index contributed by atoms with van der Waals surface area (Å²) in [6.45, 7) is 6.30. The first kappa shape index (κ1) is 12.4. The number of carbonyl (C=O) groups is 1. The van der Waals surface area contributed by atoms with Crippen molar-refractivity contribution in [3.63, 3.8) is 0 Å². The number of aldehydes is 1. The van der Waals surface area contributed by atoms with Gasteiger partial charge < -0.3 is 9.90 Å². The highest BCUT2D eigenvalue weighted by atomic mass is 16.3. The molecule has 1 fully saturated rings. The van der Waals surface area contributed by atoms with Crippen molar-refractivity contribution in [2.45, 2.75) is 52.1 Å². The topological polar surface area (TPSA) is 37.3 Å². The predicted octanol–water partition coefficient (Wildman–Crippen LogP) is 2.71. The summed E-state index contributed by atoms with van der Waals surface area (Å²) >= 11 is 0. The van der Waals surface area contributed by atoms with Gasteiger partial charge in [0.2, 0.25) is 0 Å². The Hall–Kier alpha value is -0.630. The molecule has 1 aliphatic carbocycles. The molecule has 0 spiro atoms. The first-order chi connectivity index (χ1) is 6.94. The van der Waals surface area contributed by atoms with Gasteiger partial charge in [0, 0.05) is 6.42 Å². The number of allylic oxidation sites excluding steroid dienone is 1. The second-order valence-corrected chi connectivity index (χ2v) is 5.31. The van der Waals surface area contributed by atoms with E-state index in [4.69, 9.17) is 0 Å². The number of aliphatic hydroxyl groups is 1. The van der Waals surface area contributed by atoms with Crippen molar-refractivity contribution in [3.05, 3.63) is 12.2 Å². The normalized spacial score (nSPS) is 35.6. The van der Waals surface area contributed by atoms with E-state index >= 15 is 0 Å². The van der Waals surface area contributed by atoms with Crippen LogP contribution in [-0.2, 0) is 4.79 Å². The molecule has 1 rings (SSSR count). The summed E-state index contributed by atoms with van der Waals surface area (Å²) < 4.78 is 0. The van der Waals surface area contributed by atoms with E-state index in [2.05, 4.69) is 20.8 Å². The zero-order valence-corrected chi connectivity index (χ0v) is 9.99. The van der Waals surface area contributed by atoms with E-state index in [1.807, 2.05) is 6.08 Å². The van der Waals surface area contributed by atoms with Gasteiger partial charge in [0.05, 0.1) is 5.60 Å². The molecule has 0 unspecified atom stereocenters. The van der Waals surface area contributed by atoms with Crippen molar-refractivity contribution < 1.29 is 9.90 Å². The fourth-order valence-corrected chi connectivity index (χ4v) is 2.63. The first-order valence-corrected chi connectivity index (χ1v) is 5.78. The largest absolute Gasteiger partial charge is 0.385 e. The Balaban J connectivity index is 2.88. The second kappa shape index (κ2) is 4.48. The third-order valence-corrected chi connectivity index (χ3v) is 3.88. The van der Waals surface area contributed by atoms with Crippen molar-refractivity contribution in [2.24, 2.45) is 11.3 Å². The van der Waals surface area contributed by atoms with E-state index in [1.165, 1.54) is 6.42 Å². The van der Waals surface area contributed by atoms with Gasteiger partial charge in [-0.2, -0.15) is 0 Å². The molecule has 86 valence electrons. The van der Waals surface area contributed by atoms with Crippen molar-refractivity contribution in [1.29, 1.82) is 0 Å². The smallest absolute Gasteiger partial charge is 0.123 e. The van der Waals surface area contributed by atoms with Gasteiger partial charge in [0.25, 0.3) is 0 Å². The van der Waals surface area contributed by atoms with Crippen molar-refractivity contribution in [1.82, 2.24) is 0 Å². The average Bonchev–Trinajstić information content (AvgIpc) is 2.15. The molecule has 0 aromatic rings. The van der Waals surface area contributed by atoms with E-state index in [0.717, 1.165) is 19.1 Å². The van der Waals surface area contributed by atoms with Crippen molar-refractivity contribution >= 4 is 6.29 Å². The fraction of sp³-hybridized carbons (Fsp3) is 0.769. The summed E-state index contributed by atoms with van der Waals surface area (Å²) in [7, 11) is 0. The predicted molar refractivity (Wildman–Crippen MR) is 61.6 cm³/mol. The highest BCUT2D eigenvalue weighted by Gasteiger charge is 2.47. The monoisotopic (exact) mass is 210 g/mol. The van der Waals surface area contributed by atoms with Gasteiger partial charge in [-0.05, 0) is 24.2 Å². The lowest BCUT2D eigenvalue weighted by molar-refractivity contribution is -0.107. The Kier molecular flexibility index (Phi) is 3.72. The Labute approximate surface area is 92.4 Å². The van der Waals surface area contributed by atoms with Gasteiger partial charge in [0.15, 0.2) is 0 Å². The molecule has 0 heterocycles. The number of rotatable bonds is 3. The van der Waals surface area contributed by atoms with Crippen LogP contribution in [0.3, 0.4) is 0 Å². The second-order valence-electron chi connectivity index (χ2n) is 5.31. The Bertz CT molecular complexity index is 255. The van der Waals surface area contributed by atoms with E-state index in [9.17, 15) is 9.90 Å². The Morgan fingerprint density at radius 1 is 1.47 bits per heavy atom. The molecule has 1 saturated carbocycles. The van der Waals surface area contributed by atoms with Crippen LogP contribution in [0.15, 0.2) is 12.2 Å². The van der Waals surface area contributed by atoms with Crippen LogP contribution in [0.1, 0.15) is 46.5 Å². The van der Waals surface area contributed by atoms with Crippen LogP contribution in [-0.4, -0.2) is 17.0 Å². The van der Waals surface area contributed by atoms with Gasteiger partial charge in [0.1, 0.15) is 6.29 Å². The Morgan fingerprint density at radius 2 is 2.13 bits per heavy atom. The first-order valence-electron chi connectivity index (χ1n) is 5.78. The van der Waals surface area contributed by atoms with Crippen LogP contribution >= 0.6 is 0 Å². The van der Waals surface area contributed by atoms with E-state index in [1.54, 1.807) is 6.08 Å². The van der Waals surface area contributed by atoms with Gasteiger partial charge >= 0.3 is 0 Å². The van der Waals surface area contributed by atoms with Crippen LogP contribution in [0.4, 0.5) is 0 Å². The fourth-order valence-electron chi connectivity index (χ4n) is 2.63. The molecule has 0 amide bonds. The molecule has 15 heavy (non-hydrogen) atoms. The standard InChI is InChI=1S/C13H22O2/c1-11-7-6-8-12(2,3)13(11,15)9-4-5-10-14/h4,9-11,15H,5-8H2,1-3H3/b9-4+/t11-,13+/m0/s1. The minimum Gasteiger partial charge on any atom is -0.385 e. The number of hydrogen-bond acceptors (Lipinski definition) is 2. The molecule has 0 aromatic carbocycles. The van der Waals surface area contributed by atoms with E-state index in [0.29, 0.717) is 6.42 Å². The minimum atomic E-state index is -0.756. The lowest BCUT2D eigenvalue weighted by atomic mass is 9.60. The molecular weight excluding hydrogens is 188 g/mol. The van der Waals surface area contributed by atoms with Gasteiger partial charge in [-0.25, -0.2) is 0 Å². The molecule has 2 atom stereocenters. The van der Waals surface area contributed by atoms with Crippen LogP contribution in [0.2, 0.25) is 0 Å². The molecule has 0 aromatic heterocycles. The van der Waals surface area contributed by atoms with E-state index < -0.39 is 5.60 Å². The summed E-state index contributed by atoms with van der Waals surface area (Å²) in [5.74, 6) is 0.268. The van der Waals surface area contributed by atoms with Crippen LogP contribution in [0.25, 0.3) is 0 Å². The summed E-state index contributed by atoms with van der Waals surface area (Å²) in [5.41, 5.74) is -0.849. The maximum absolute atomic E-state index is 10.7. The zero-order valence-electron chi connectivity index (χ0n) is 9.99. The van der Waals surface area contributed by atoms with Crippen LogP contribution < -0.4 is 0 Å². The molecule has 1 aliphatic rings. The summed E-state index contributed by atoms with van der Waals surface area (Å²) in [5, 5.41) is 10.7. The molecule has 0 saturated heterocycles. The molecule has 2 nitrogen and oxygen atoms in total. The number of hydrogen-bond donors (Lipinski definition) is 1. The summed E-state index contributed by atoms with van der Waals surface area (Å²) in [6, 6.07) is 0. The SMILES string of the molecule is C[C@H]1CCCC(C)(C)[C@@]1(O)/C=C/CC=O. The lowest BCUT2D eigenvalue weighted by Crippen LogP contribution is -2.50. The lowest BCUT2D eigenvalue weighted by Gasteiger charge is -2.49. The maximum atomic E-state index is 10.7. The molecule has 0 radical (unpaired) electrons. The highest BCUT2D eigenvalue weighted by Crippen LogP contribution is 2.47. The van der Waals surface area contributed by atoms with Gasteiger partial charge in [-0.15, -0.1) is 0 Å². The average molecular weight is 210 g/mol. The minimum absolute atomic E-state index is 0.0932. The number of carbonyl (C=O) groups excluding carboxylic acids is 1. The molecular formula is C13H22O2. The highest BCUT2D eigenvalue weighted by molar-refractivity contribution is 5.52. The maximum Gasteiger partial charge on any atom is 0.123 e. The van der Waals surface area contributed by atoms with Crippen LogP contribution in [0.5, 0.6) is 0 Å². The summed E-state index contributed by atoms with van der Waals surface area (Å²) in [4.78, 5) is 10.3. The van der Waals surface area contributed by atoms with Crippen LogP contribution in [0, 0.1) is 11.3 Å². The quantitative estimate of drug-likeness (QED) is 0.574. The van der Waals surface area contributed by atoms with Crippen molar-refractivity contribution in [2.75, 3.05) is 0 Å². The van der Waals surface area contributed by atoms with Crippen molar-refractivity contribution in [3.8, 4) is 0 Å². The molecule has 1 N–H and O–H groups in total. The van der Waals surface area contributed by atoms with Gasteiger partial charge in [-0.3, -0.25) is 0 Å². The molecule has 2 heteroatoms.